The lowest BCUT2D eigenvalue weighted by atomic mass is 10.0. The van der Waals surface area contributed by atoms with Crippen molar-refractivity contribution in [3.05, 3.63) is 42.0 Å². The molecule has 0 atom stereocenters. The van der Waals surface area contributed by atoms with Crippen LogP contribution in [0.25, 0.3) is 10.8 Å². The van der Waals surface area contributed by atoms with Crippen molar-refractivity contribution in [2.75, 3.05) is 20.2 Å². The number of fused-ring (bicyclic) bond motifs is 1. The molecule has 0 radical (unpaired) electrons. The minimum Gasteiger partial charge on any atom is -0.497 e. The lowest BCUT2D eigenvalue weighted by Gasteiger charge is -2.06. The topological polar surface area (TPSA) is 61.3 Å². The van der Waals surface area contributed by atoms with Crippen LogP contribution in [0.2, 0.25) is 0 Å². The Morgan fingerprint density at radius 2 is 1.83 bits per heavy atom. The summed E-state index contributed by atoms with van der Waals surface area (Å²) in [6, 6.07) is 12.4. The monoisotopic (exact) mass is 246 g/mol. The van der Waals surface area contributed by atoms with Gasteiger partial charge in [0.15, 0.2) is 0 Å². The quantitative estimate of drug-likeness (QED) is 0.873. The van der Waals surface area contributed by atoms with Crippen LogP contribution in [0.1, 0.15) is 12.5 Å². The van der Waals surface area contributed by atoms with Crippen molar-refractivity contribution in [1.29, 1.82) is 0 Å². The summed E-state index contributed by atoms with van der Waals surface area (Å²) in [7, 11) is 1.69. The molecule has 98 valence electrons. The van der Waals surface area contributed by atoms with E-state index < -0.39 is 0 Å². The van der Waals surface area contributed by atoms with Crippen molar-refractivity contribution in [1.82, 2.24) is 0 Å². The zero-order chi connectivity index (χ0) is 13.4. The van der Waals surface area contributed by atoms with E-state index in [1.807, 2.05) is 13.0 Å². The van der Waals surface area contributed by atoms with Gasteiger partial charge in [0, 0.05) is 0 Å². The van der Waals surface area contributed by atoms with Crippen LogP contribution in [0.4, 0.5) is 0 Å². The summed E-state index contributed by atoms with van der Waals surface area (Å²) in [4.78, 5) is 0. The molecule has 2 aromatic rings. The number of hydrogen-bond acceptors (Lipinski definition) is 3. The Balaban J connectivity index is 0.000000492. The molecular formula is C15H22N2O. The maximum atomic E-state index is 5.58. The normalized spacial score (nSPS) is 9.78. The molecule has 2 aromatic carbocycles. The van der Waals surface area contributed by atoms with Gasteiger partial charge in [-0.2, -0.15) is 0 Å². The summed E-state index contributed by atoms with van der Waals surface area (Å²) in [6.45, 7) is 3.34. The van der Waals surface area contributed by atoms with Gasteiger partial charge >= 0.3 is 0 Å². The third-order valence-corrected chi connectivity index (χ3v) is 2.59. The van der Waals surface area contributed by atoms with Gasteiger partial charge in [0.2, 0.25) is 0 Å². The van der Waals surface area contributed by atoms with Gasteiger partial charge in [0.1, 0.15) is 5.75 Å². The van der Waals surface area contributed by atoms with E-state index in [2.05, 4.69) is 30.3 Å². The van der Waals surface area contributed by atoms with Crippen LogP contribution < -0.4 is 16.2 Å². The number of rotatable bonds is 3. The van der Waals surface area contributed by atoms with Crippen LogP contribution in [-0.2, 0) is 6.42 Å². The molecule has 0 spiro atoms. The van der Waals surface area contributed by atoms with Crippen LogP contribution in [0.15, 0.2) is 36.4 Å². The first-order chi connectivity index (χ1) is 8.76. The first kappa shape index (κ1) is 14.5. The summed E-state index contributed by atoms with van der Waals surface area (Å²) < 4.78 is 5.20. The summed E-state index contributed by atoms with van der Waals surface area (Å²) in [6.07, 6.45) is 0.920. The Labute approximate surface area is 109 Å². The molecule has 18 heavy (non-hydrogen) atoms. The summed E-state index contributed by atoms with van der Waals surface area (Å²) in [5.41, 5.74) is 11.7. The Kier molecular flexibility index (Phi) is 6.19. The third-order valence-electron chi connectivity index (χ3n) is 2.59. The Hall–Kier alpha value is -1.58. The maximum Gasteiger partial charge on any atom is 0.119 e. The number of nitrogens with two attached hydrogens (primary N) is 2. The summed E-state index contributed by atoms with van der Waals surface area (Å²) in [5.74, 6) is 0.896. The van der Waals surface area contributed by atoms with Crippen LogP contribution in [0.5, 0.6) is 5.75 Å². The molecule has 3 nitrogen and oxygen atoms in total. The number of hydrogen-bond donors (Lipinski definition) is 2. The molecule has 0 heterocycles. The molecule has 0 saturated carbocycles. The van der Waals surface area contributed by atoms with Gasteiger partial charge in [-0.15, -0.1) is 0 Å². The van der Waals surface area contributed by atoms with Gasteiger partial charge in [-0.05, 0) is 48.0 Å². The lowest BCUT2D eigenvalue weighted by molar-refractivity contribution is 0.415. The first-order valence-electron chi connectivity index (χ1n) is 6.22. The third kappa shape index (κ3) is 3.72. The fourth-order valence-electron chi connectivity index (χ4n) is 1.83. The van der Waals surface area contributed by atoms with Gasteiger partial charge < -0.3 is 16.2 Å². The van der Waals surface area contributed by atoms with Gasteiger partial charge in [-0.3, -0.25) is 0 Å². The van der Waals surface area contributed by atoms with E-state index >= 15 is 0 Å². The largest absolute Gasteiger partial charge is 0.497 e. The molecule has 0 saturated heterocycles. The summed E-state index contributed by atoms with van der Waals surface area (Å²) >= 11 is 0. The predicted octanol–water partition coefficient (Wildman–Crippen LogP) is 2.31. The molecule has 0 amide bonds. The molecule has 4 N–H and O–H groups in total. The molecule has 0 aliphatic heterocycles. The van der Waals surface area contributed by atoms with Gasteiger partial charge in [0.25, 0.3) is 0 Å². The molecule has 0 aromatic heterocycles. The molecule has 2 rings (SSSR count). The van der Waals surface area contributed by atoms with Crippen molar-refractivity contribution in [2.45, 2.75) is 13.3 Å². The van der Waals surface area contributed by atoms with E-state index in [-0.39, 0.29) is 0 Å². The zero-order valence-corrected chi connectivity index (χ0v) is 11.1. The van der Waals surface area contributed by atoms with Crippen LogP contribution >= 0.6 is 0 Å². The van der Waals surface area contributed by atoms with E-state index in [1.54, 1.807) is 7.11 Å². The van der Waals surface area contributed by atoms with Crippen molar-refractivity contribution >= 4 is 10.8 Å². The Morgan fingerprint density at radius 3 is 2.44 bits per heavy atom. The standard InChI is InChI=1S/C13H15NO.C2H7N/c1-15-12-5-6-13-10(7-8-14)3-2-4-11(13)9-12;1-2-3/h2-6,9H,7-8,14H2,1H3;2-3H2,1H3. The Bertz CT molecular complexity index is 483. The fraction of sp³-hybridized carbons (Fsp3) is 0.333. The highest BCUT2D eigenvalue weighted by atomic mass is 16.5. The first-order valence-corrected chi connectivity index (χ1v) is 6.22. The van der Waals surface area contributed by atoms with E-state index in [0.29, 0.717) is 6.54 Å². The molecule has 0 aliphatic carbocycles. The van der Waals surface area contributed by atoms with Gasteiger partial charge in [-0.25, -0.2) is 0 Å². The summed E-state index contributed by atoms with van der Waals surface area (Å²) in [5, 5.41) is 2.48. The second-order valence-corrected chi connectivity index (χ2v) is 3.95. The van der Waals surface area contributed by atoms with E-state index in [9.17, 15) is 0 Å². The number of methoxy groups -OCH3 is 1. The molecule has 0 fully saturated rings. The second kappa shape index (κ2) is 7.69. The van der Waals surface area contributed by atoms with Gasteiger partial charge in [-0.1, -0.05) is 31.2 Å². The zero-order valence-electron chi connectivity index (χ0n) is 11.1. The molecule has 0 aliphatic rings. The van der Waals surface area contributed by atoms with E-state index in [0.717, 1.165) is 18.7 Å². The Morgan fingerprint density at radius 1 is 1.11 bits per heavy atom. The highest BCUT2D eigenvalue weighted by molar-refractivity contribution is 5.87. The molecular weight excluding hydrogens is 224 g/mol. The van der Waals surface area contributed by atoms with Crippen LogP contribution in [0.3, 0.4) is 0 Å². The predicted molar refractivity (Wildman–Crippen MR) is 78.0 cm³/mol. The van der Waals surface area contributed by atoms with Crippen LogP contribution in [-0.4, -0.2) is 20.2 Å². The highest BCUT2D eigenvalue weighted by Crippen LogP contribution is 2.23. The average molecular weight is 246 g/mol. The minimum atomic E-state index is 0.686. The average Bonchev–Trinajstić information content (AvgIpc) is 2.40. The highest BCUT2D eigenvalue weighted by Gasteiger charge is 2.01. The molecule has 0 bridgehead atoms. The van der Waals surface area contributed by atoms with E-state index in [4.69, 9.17) is 16.2 Å². The van der Waals surface area contributed by atoms with Crippen molar-refractivity contribution in [3.63, 3.8) is 0 Å². The second-order valence-electron chi connectivity index (χ2n) is 3.95. The fourth-order valence-corrected chi connectivity index (χ4v) is 1.83. The lowest BCUT2D eigenvalue weighted by Crippen LogP contribution is -2.02. The molecule has 3 heteroatoms. The minimum absolute atomic E-state index is 0.686. The van der Waals surface area contributed by atoms with Crippen molar-refractivity contribution < 1.29 is 4.74 Å². The van der Waals surface area contributed by atoms with Crippen LogP contribution in [0, 0.1) is 0 Å². The van der Waals surface area contributed by atoms with Gasteiger partial charge in [0.05, 0.1) is 7.11 Å². The van der Waals surface area contributed by atoms with Crippen molar-refractivity contribution in [3.8, 4) is 5.75 Å². The maximum absolute atomic E-state index is 5.58. The van der Waals surface area contributed by atoms with E-state index in [1.165, 1.54) is 16.3 Å². The van der Waals surface area contributed by atoms with Crippen molar-refractivity contribution in [2.24, 2.45) is 11.5 Å². The molecule has 0 unspecified atom stereocenters. The number of benzene rings is 2. The number of ether oxygens (including phenoxy) is 1. The SMILES string of the molecule is CCN.COc1ccc2c(CCN)cccc2c1. The smallest absolute Gasteiger partial charge is 0.119 e.